The zero-order chi connectivity index (χ0) is 28.7. The van der Waals surface area contributed by atoms with Crippen molar-refractivity contribution in [1.29, 1.82) is 0 Å². The Bertz CT molecular complexity index is 1440. The first-order valence-corrected chi connectivity index (χ1v) is 15.2. The third-order valence-corrected chi connectivity index (χ3v) is 8.17. The molecule has 3 aromatic carbocycles. The van der Waals surface area contributed by atoms with E-state index in [1.807, 2.05) is 30.3 Å². The fourth-order valence-electron chi connectivity index (χ4n) is 4.17. The normalized spacial score (nSPS) is 12.1. The molecule has 208 valence electrons. The SMILES string of the molecule is CCNC(=O)[C@@H](Cc1ccccc1)N(Cc1ccc(Cl)c(Cl)c1)C(=O)CN(c1ccc(Cl)cc1C)S(C)(=O)=O. The van der Waals surface area contributed by atoms with E-state index in [2.05, 4.69) is 5.32 Å². The van der Waals surface area contributed by atoms with Gasteiger partial charge in [0, 0.05) is 24.5 Å². The Morgan fingerprint density at radius 1 is 0.923 bits per heavy atom. The second-order valence-electron chi connectivity index (χ2n) is 9.07. The smallest absolute Gasteiger partial charge is 0.244 e. The summed E-state index contributed by atoms with van der Waals surface area (Å²) in [6.07, 6.45) is 1.25. The van der Waals surface area contributed by atoms with E-state index in [9.17, 15) is 18.0 Å². The van der Waals surface area contributed by atoms with Crippen LogP contribution in [-0.2, 0) is 32.6 Å². The Balaban J connectivity index is 2.07. The van der Waals surface area contributed by atoms with Crippen LogP contribution in [0, 0.1) is 6.92 Å². The third kappa shape index (κ3) is 8.35. The summed E-state index contributed by atoms with van der Waals surface area (Å²) < 4.78 is 26.8. The quantitative estimate of drug-likeness (QED) is 0.311. The number of amides is 2. The van der Waals surface area contributed by atoms with Gasteiger partial charge in [0.2, 0.25) is 21.8 Å². The standard InChI is InChI=1S/C28H30Cl3N3O4S/c1-4-32-28(36)26(16-20-8-6-5-7-9-20)33(17-21-10-12-23(30)24(31)15-21)27(35)18-34(39(3,37)38)25-13-11-22(29)14-19(25)2/h5-15,26H,4,16-18H2,1-3H3,(H,32,36)/t26-/m1/s1. The van der Waals surface area contributed by atoms with Gasteiger partial charge < -0.3 is 10.2 Å². The minimum Gasteiger partial charge on any atom is -0.355 e. The van der Waals surface area contributed by atoms with Crippen LogP contribution in [-0.4, -0.2) is 50.5 Å². The van der Waals surface area contributed by atoms with Crippen LogP contribution in [0.5, 0.6) is 0 Å². The maximum absolute atomic E-state index is 14.0. The number of halogens is 3. The summed E-state index contributed by atoms with van der Waals surface area (Å²) in [5.74, 6) is -0.920. The first kappa shape index (κ1) is 30.8. The predicted molar refractivity (Wildman–Crippen MR) is 158 cm³/mol. The molecular formula is C28H30Cl3N3O4S. The molecule has 3 rings (SSSR count). The van der Waals surface area contributed by atoms with Crippen molar-refractivity contribution >= 4 is 62.3 Å². The number of aryl methyl sites for hydroxylation is 1. The highest BCUT2D eigenvalue weighted by atomic mass is 35.5. The van der Waals surface area contributed by atoms with Crippen molar-refractivity contribution in [3.63, 3.8) is 0 Å². The molecule has 1 atom stereocenters. The van der Waals surface area contributed by atoms with Crippen LogP contribution in [0.2, 0.25) is 15.1 Å². The lowest BCUT2D eigenvalue weighted by Gasteiger charge is -2.33. The van der Waals surface area contributed by atoms with Crippen molar-refractivity contribution in [2.75, 3.05) is 23.7 Å². The van der Waals surface area contributed by atoms with Gasteiger partial charge in [-0.1, -0.05) is 71.2 Å². The molecule has 3 aromatic rings. The molecule has 0 aliphatic carbocycles. The molecule has 0 fully saturated rings. The molecule has 11 heteroatoms. The molecule has 7 nitrogen and oxygen atoms in total. The van der Waals surface area contributed by atoms with Gasteiger partial charge in [-0.2, -0.15) is 0 Å². The molecule has 0 heterocycles. The molecule has 0 saturated carbocycles. The lowest BCUT2D eigenvalue weighted by atomic mass is 10.0. The maximum Gasteiger partial charge on any atom is 0.244 e. The molecule has 0 radical (unpaired) electrons. The Labute approximate surface area is 244 Å². The predicted octanol–water partition coefficient (Wildman–Crippen LogP) is 5.50. The summed E-state index contributed by atoms with van der Waals surface area (Å²) in [6, 6.07) is 18.1. The lowest BCUT2D eigenvalue weighted by molar-refractivity contribution is -0.140. The van der Waals surface area contributed by atoms with Crippen LogP contribution in [0.15, 0.2) is 66.7 Å². The lowest BCUT2D eigenvalue weighted by Crippen LogP contribution is -2.53. The minimum absolute atomic E-state index is 0.00155. The number of anilines is 1. The Hall–Kier alpha value is -2.78. The van der Waals surface area contributed by atoms with Crippen molar-refractivity contribution in [3.05, 3.63) is 98.5 Å². The van der Waals surface area contributed by atoms with Crippen LogP contribution in [0.3, 0.4) is 0 Å². The Morgan fingerprint density at radius 3 is 2.21 bits per heavy atom. The molecule has 0 unspecified atom stereocenters. The summed E-state index contributed by atoms with van der Waals surface area (Å²) in [5, 5.41) is 3.90. The second kappa shape index (κ2) is 13.5. The van der Waals surface area contributed by atoms with Gasteiger partial charge in [-0.15, -0.1) is 0 Å². The van der Waals surface area contributed by atoms with Gasteiger partial charge in [-0.25, -0.2) is 8.42 Å². The van der Waals surface area contributed by atoms with E-state index in [0.717, 1.165) is 16.1 Å². The van der Waals surface area contributed by atoms with E-state index >= 15 is 0 Å². The van der Waals surface area contributed by atoms with E-state index in [4.69, 9.17) is 34.8 Å². The molecule has 39 heavy (non-hydrogen) atoms. The topological polar surface area (TPSA) is 86.8 Å². The van der Waals surface area contributed by atoms with Crippen molar-refractivity contribution in [3.8, 4) is 0 Å². The van der Waals surface area contributed by atoms with Gasteiger partial charge in [-0.05, 0) is 60.9 Å². The maximum atomic E-state index is 14.0. The highest BCUT2D eigenvalue weighted by Gasteiger charge is 2.33. The number of nitrogens with zero attached hydrogens (tertiary/aromatic N) is 2. The number of hydrogen-bond acceptors (Lipinski definition) is 4. The number of carbonyl (C=O) groups excluding carboxylic acids is 2. The van der Waals surface area contributed by atoms with Crippen molar-refractivity contribution in [2.45, 2.75) is 32.9 Å². The zero-order valence-corrected chi connectivity index (χ0v) is 24.9. The van der Waals surface area contributed by atoms with Crippen molar-refractivity contribution in [2.24, 2.45) is 0 Å². The number of benzene rings is 3. The number of hydrogen-bond donors (Lipinski definition) is 1. The van der Waals surface area contributed by atoms with Crippen LogP contribution >= 0.6 is 34.8 Å². The summed E-state index contributed by atoms with van der Waals surface area (Å²) in [7, 11) is -3.88. The molecule has 0 spiro atoms. The van der Waals surface area contributed by atoms with E-state index in [1.54, 1.807) is 50.2 Å². The summed E-state index contributed by atoms with van der Waals surface area (Å²) in [6.45, 7) is 3.34. The van der Waals surface area contributed by atoms with E-state index in [-0.39, 0.29) is 18.9 Å². The average Bonchev–Trinajstić information content (AvgIpc) is 2.87. The van der Waals surface area contributed by atoms with Crippen molar-refractivity contribution < 1.29 is 18.0 Å². The van der Waals surface area contributed by atoms with E-state index < -0.39 is 28.5 Å². The molecule has 0 aromatic heterocycles. The molecule has 1 N–H and O–H groups in total. The molecule has 0 bridgehead atoms. The largest absolute Gasteiger partial charge is 0.355 e. The highest BCUT2D eigenvalue weighted by Crippen LogP contribution is 2.27. The van der Waals surface area contributed by atoms with Gasteiger partial charge in [0.25, 0.3) is 0 Å². The molecule has 0 aliphatic heterocycles. The number of sulfonamides is 1. The van der Waals surface area contributed by atoms with Crippen LogP contribution in [0.25, 0.3) is 0 Å². The van der Waals surface area contributed by atoms with Gasteiger partial charge in [0.05, 0.1) is 22.0 Å². The fraction of sp³-hybridized carbons (Fsp3) is 0.286. The van der Waals surface area contributed by atoms with Gasteiger partial charge in [0.1, 0.15) is 12.6 Å². The average molecular weight is 611 g/mol. The number of rotatable bonds is 11. The molecule has 2 amide bonds. The first-order valence-electron chi connectivity index (χ1n) is 12.2. The first-order chi connectivity index (χ1) is 18.4. The van der Waals surface area contributed by atoms with Gasteiger partial charge in [-0.3, -0.25) is 13.9 Å². The Morgan fingerprint density at radius 2 is 1.62 bits per heavy atom. The molecular weight excluding hydrogens is 581 g/mol. The zero-order valence-electron chi connectivity index (χ0n) is 21.8. The van der Waals surface area contributed by atoms with E-state index in [0.29, 0.717) is 38.4 Å². The van der Waals surface area contributed by atoms with Crippen molar-refractivity contribution in [1.82, 2.24) is 10.2 Å². The highest BCUT2D eigenvalue weighted by molar-refractivity contribution is 7.92. The molecule has 0 aliphatic rings. The summed E-state index contributed by atoms with van der Waals surface area (Å²) >= 11 is 18.4. The summed E-state index contributed by atoms with van der Waals surface area (Å²) in [4.78, 5) is 28.7. The fourth-order valence-corrected chi connectivity index (χ4v) is 5.63. The third-order valence-electron chi connectivity index (χ3n) is 6.07. The van der Waals surface area contributed by atoms with Gasteiger partial charge >= 0.3 is 0 Å². The second-order valence-corrected chi connectivity index (χ2v) is 12.2. The van der Waals surface area contributed by atoms with Crippen LogP contribution in [0.1, 0.15) is 23.6 Å². The minimum atomic E-state index is -3.88. The van der Waals surface area contributed by atoms with Crippen LogP contribution < -0.4 is 9.62 Å². The van der Waals surface area contributed by atoms with Gasteiger partial charge in [0.15, 0.2) is 0 Å². The van der Waals surface area contributed by atoms with E-state index in [1.165, 1.54) is 4.90 Å². The molecule has 0 saturated heterocycles. The number of likely N-dealkylation sites (N-methyl/N-ethyl adjacent to an activating group) is 1. The number of nitrogens with one attached hydrogen (secondary N) is 1. The summed E-state index contributed by atoms with van der Waals surface area (Å²) in [5.41, 5.74) is 2.38. The number of carbonyl (C=O) groups is 2. The Kier molecular flexibility index (Phi) is 10.7. The monoisotopic (exact) mass is 609 g/mol. The van der Waals surface area contributed by atoms with Crippen LogP contribution in [0.4, 0.5) is 5.69 Å².